The Morgan fingerprint density at radius 3 is 2.30 bits per heavy atom. The molecule has 0 N–H and O–H groups in total. The van der Waals surface area contributed by atoms with Crippen molar-refractivity contribution in [2.24, 2.45) is 0 Å². The standard InChI is InChI=1S/C27H35FN2O3/c1-21-3-5-22(6-4-21)19-26(31)30(20-23-7-9-24(28)10-8-23)25-11-14-29(15-12-25)16-13-27-32-17-2-18-33-27/h3-10,25,27H,2,11-20H2,1H3. The molecule has 1 amide bonds. The van der Waals surface area contributed by atoms with Crippen LogP contribution in [0.2, 0.25) is 0 Å². The summed E-state index contributed by atoms with van der Waals surface area (Å²) >= 11 is 0. The van der Waals surface area contributed by atoms with Crippen LogP contribution >= 0.6 is 0 Å². The van der Waals surface area contributed by atoms with E-state index in [1.54, 1.807) is 12.1 Å². The largest absolute Gasteiger partial charge is 0.353 e. The van der Waals surface area contributed by atoms with Gasteiger partial charge in [0, 0.05) is 38.6 Å². The van der Waals surface area contributed by atoms with Crippen LogP contribution in [0.3, 0.4) is 0 Å². The third-order valence-corrected chi connectivity index (χ3v) is 6.64. The molecule has 0 aromatic heterocycles. The van der Waals surface area contributed by atoms with E-state index in [1.165, 1.54) is 17.7 Å². The number of likely N-dealkylation sites (tertiary alicyclic amines) is 1. The number of nitrogens with zero attached hydrogens (tertiary/aromatic N) is 2. The van der Waals surface area contributed by atoms with Gasteiger partial charge in [-0.25, -0.2) is 4.39 Å². The Bertz CT molecular complexity index is 873. The fourth-order valence-corrected chi connectivity index (χ4v) is 4.64. The summed E-state index contributed by atoms with van der Waals surface area (Å²) < 4.78 is 24.7. The minimum absolute atomic E-state index is 0.0810. The molecular formula is C27H35FN2O3. The molecule has 2 aliphatic heterocycles. The van der Waals surface area contributed by atoms with Gasteiger partial charge in [0.1, 0.15) is 5.82 Å². The minimum Gasteiger partial charge on any atom is -0.353 e. The first-order chi connectivity index (χ1) is 16.1. The van der Waals surface area contributed by atoms with Crippen LogP contribution in [0, 0.1) is 12.7 Å². The Kier molecular flexibility index (Phi) is 8.48. The molecule has 178 valence electrons. The molecule has 33 heavy (non-hydrogen) atoms. The average molecular weight is 455 g/mol. The Labute approximate surface area is 196 Å². The topological polar surface area (TPSA) is 42.0 Å². The highest BCUT2D eigenvalue weighted by Gasteiger charge is 2.28. The van der Waals surface area contributed by atoms with Gasteiger partial charge >= 0.3 is 0 Å². The van der Waals surface area contributed by atoms with Gasteiger partial charge in [-0.1, -0.05) is 42.0 Å². The molecule has 0 spiro atoms. The van der Waals surface area contributed by atoms with E-state index < -0.39 is 0 Å². The van der Waals surface area contributed by atoms with Gasteiger partial charge in [0.15, 0.2) is 6.29 Å². The van der Waals surface area contributed by atoms with E-state index in [9.17, 15) is 9.18 Å². The molecule has 2 aromatic rings. The third kappa shape index (κ3) is 7.10. The van der Waals surface area contributed by atoms with Gasteiger partial charge in [-0.15, -0.1) is 0 Å². The molecule has 0 radical (unpaired) electrons. The molecule has 0 atom stereocenters. The lowest BCUT2D eigenvalue weighted by molar-refractivity contribution is -0.182. The van der Waals surface area contributed by atoms with Crippen molar-refractivity contribution >= 4 is 5.91 Å². The summed E-state index contributed by atoms with van der Waals surface area (Å²) in [5.41, 5.74) is 3.17. The van der Waals surface area contributed by atoms with Crippen LogP contribution < -0.4 is 0 Å². The zero-order valence-corrected chi connectivity index (χ0v) is 19.5. The van der Waals surface area contributed by atoms with Crippen LogP contribution in [-0.2, 0) is 27.2 Å². The van der Waals surface area contributed by atoms with E-state index in [0.29, 0.717) is 13.0 Å². The Hall–Kier alpha value is -2.28. The monoisotopic (exact) mass is 454 g/mol. The lowest BCUT2D eigenvalue weighted by Crippen LogP contribution is -2.48. The number of carbonyl (C=O) groups is 1. The summed E-state index contributed by atoms with van der Waals surface area (Å²) in [6, 6.07) is 14.8. The van der Waals surface area contributed by atoms with Gasteiger partial charge < -0.3 is 19.3 Å². The molecule has 2 aromatic carbocycles. The van der Waals surface area contributed by atoms with E-state index in [1.807, 2.05) is 36.1 Å². The Balaban J connectivity index is 1.36. The Morgan fingerprint density at radius 2 is 1.64 bits per heavy atom. The normalized spacial score (nSPS) is 18.4. The quantitative estimate of drug-likeness (QED) is 0.596. The van der Waals surface area contributed by atoms with Crippen LogP contribution in [0.4, 0.5) is 4.39 Å². The number of piperidine rings is 1. The highest BCUT2D eigenvalue weighted by atomic mass is 19.1. The van der Waals surface area contributed by atoms with Crippen LogP contribution in [0.25, 0.3) is 0 Å². The minimum atomic E-state index is -0.254. The van der Waals surface area contributed by atoms with Crippen LogP contribution in [0.1, 0.15) is 42.4 Å². The smallest absolute Gasteiger partial charge is 0.227 e. The van der Waals surface area contributed by atoms with Crippen molar-refractivity contribution < 1.29 is 18.7 Å². The molecule has 0 unspecified atom stereocenters. The summed E-state index contributed by atoms with van der Waals surface area (Å²) in [6.45, 7) is 6.99. The zero-order chi connectivity index (χ0) is 23.0. The van der Waals surface area contributed by atoms with Crippen molar-refractivity contribution in [2.75, 3.05) is 32.8 Å². The molecule has 5 nitrogen and oxygen atoms in total. The van der Waals surface area contributed by atoms with Gasteiger partial charge in [0.2, 0.25) is 5.91 Å². The maximum Gasteiger partial charge on any atom is 0.227 e. The maximum absolute atomic E-state index is 13.4. The highest BCUT2D eigenvalue weighted by Crippen LogP contribution is 2.22. The van der Waals surface area contributed by atoms with Crippen LogP contribution in [-0.4, -0.2) is 60.9 Å². The molecule has 6 heteroatoms. The van der Waals surface area contributed by atoms with Gasteiger partial charge in [0.05, 0.1) is 19.6 Å². The lowest BCUT2D eigenvalue weighted by atomic mass is 10.00. The number of halogens is 1. The summed E-state index contributed by atoms with van der Waals surface area (Å²) in [7, 11) is 0. The second kappa shape index (κ2) is 11.7. The number of hydrogen-bond acceptors (Lipinski definition) is 4. The first kappa shape index (κ1) is 23.9. The second-order valence-electron chi connectivity index (χ2n) is 9.20. The molecule has 2 aliphatic rings. The summed E-state index contributed by atoms with van der Waals surface area (Å²) in [5, 5.41) is 0. The number of rotatable bonds is 8. The van der Waals surface area contributed by atoms with E-state index in [-0.39, 0.29) is 24.1 Å². The van der Waals surface area contributed by atoms with Crippen LogP contribution in [0.15, 0.2) is 48.5 Å². The van der Waals surface area contributed by atoms with Crippen molar-refractivity contribution in [3.05, 3.63) is 71.0 Å². The first-order valence-electron chi connectivity index (χ1n) is 12.1. The number of amides is 1. The number of hydrogen-bond donors (Lipinski definition) is 0. The number of carbonyl (C=O) groups excluding carboxylic acids is 1. The summed E-state index contributed by atoms with van der Waals surface area (Å²) in [5.74, 6) is -0.124. The fraction of sp³-hybridized carbons (Fsp3) is 0.519. The molecule has 2 fully saturated rings. The van der Waals surface area contributed by atoms with Crippen LogP contribution in [0.5, 0.6) is 0 Å². The number of ether oxygens (including phenoxy) is 2. The predicted molar refractivity (Wildman–Crippen MR) is 126 cm³/mol. The first-order valence-corrected chi connectivity index (χ1v) is 12.1. The van der Waals surface area contributed by atoms with Crippen molar-refractivity contribution in [1.29, 1.82) is 0 Å². The van der Waals surface area contributed by atoms with Gasteiger partial charge in [-0.2, -0.15) is 0 Å². The average Bonchev–Trinajstić information content (AvgIpc) is 2.85. The lowest BCUT2D eigenvalue weighted by Gasteiger charge is -2.39. The van der Waals surface area contributed by atoms with E-state index >= 15 is 0 Å². The second-order valence-corrected chi connectivity index (χ2v) is 9.20. The third-order valence-electron chi connectivity index (χ3n) is 6.64. The SMILES string of the molecule is Cc1ccc(CC(=O)N(Cc2ccc(F)cc2)C2CCN(CCC3OCCCO3)CC2)cc1. The molecule has 4 rings (SSSR count). The van der Waals surface area contributed by atoms with Crippen molar-refractivity contribution in [3.8, 4) is 0 Å². The van der Waals surface area contributed by atoms with Crippen molar-refractivity contribution in [2.45, 2.75) is 57.9 Å². The zero-order valence-electron chi connectivity index (χ0n) is 19.5. The molecular weight excluding hydrogens is 419 g/mol. The van der Waals surface area contributed by atoms with E-state index in [0.717, 1.165) is 69.7 Å². The van der Waals surface area contributed by atoms with Crippen molar-refractivity contribution in [1.82, 2.24) is 9.80 Å². The Morgan fingerprint density at radius 1 is 1.00 bits per heavy atom. The predicted octanol–water partition coefficient (Wildman–Crippen LogP) is 4.32. The summed E-state index contributed by atoms with van der Waals surface area (Å²) in [6.07, 6.45) is 4.04. The van der Waals surface area contributed by atoms with Gasteiger partial charge in [0.25, 0.3) is 0 Å². The highest BCUT2D eigenvalue weighted by molar-refractivity contribution is 5.79. The van der Waals surface area contributed by atoms with E-state index in [4.69, 9.17) is 9.47 Å². The molecule has 2 saturated heterocycles. The summed E-state index contributed by atoms with van der Waals surface area (Å²) in [4.78, 5) is 17.8. The molecule has 0 saturated carbocycles. The van der Waals surface area contributed by atoms with Gasteiger partial charge in [-0.3, -0.25) is 4.79 Å². The van der Waals surface area contributed by atoms with Crippen molar-refractivity contribution in [3.63, 3.8) is 0 Å². The number of benzene rings is 2. The van der Waals surface area contributed by atoms with Gasteiger partial charge in [-0.05, 0) is 49.4 Å². The van der Waals surface area contributed by atoms with E-state index in [2.05, 4.69) is 4.90 Å². The molecule has 2 heterocycles. The fourth-order valence-electron chi connectivity index (χ4n) is 4.64. The number of aryl methyl sites for hydroxylation is 1. The molecule has 0 bridgehead atoms. The maximum atomic E-state index is 13.4. The molecule has 0 aliphatic carbocycles.